The number of fused-ring (bicyclic) bond motifs is 1. The lowest BCUT2D eigenvalue weighted by Crippen LogP contribution is -2.43. The van der Waals surface area contributed by atoms with E-state index in [1.165, 1.54) is 0 Å². The Labute approximate surface area is 139 Å². The number of hydrogen-bond acceptors (Lipinski definition) is 6. The summed E-state index contributed by atoms with van der Waals surface area (Å²) in [7, 11) is 0. The molecular weight excluding hydrogens is 308 g/mol. The number of pyridine rings is 1. The summed E-state index contributed by atoms with van der Waals surface area (Å²) in [6.07, 6.45) is 1.79. The van der Waals surface area contributed by atoms with Gasteiger partial charge >= 0.3 is 0 Å². The van der Waals surface area contributed by atoms with Gasteiger partial charge in [0.15, 0.2) is 11.5 Å². The van der Waals surface area contributed by atoms with E-state index < -0.39 is 0 Å². The van der Waals surface area contributed by atoms with Crippen LogP contribution < -0.4 is 25.0 Å². The molecule has 3 heterocycles. The average Bonchev–Trinajstić information content (AvgIpc) is 3.11. The van der Waals surface area contributed by atoms with Crippen molar-refractivity contribution in [2.24, 2.45) is 0 Å². The molecule has 0 aliphatic carbocycles. The molecule has 1 fully saturated rings. The van der Waals surface area contributed by atoms with E-state index in [1.807, 2.05) is 12.1 Å². The van der Waals surface area contributed by atoms with Crippen LogP contribution in [0.15, 0.2) is 36.5 Å². The molecule has 0 atom stereocenters. The monoisotopic (exact) mass is 326 g/mol. The number of nitrogens with one attached hydrogen (secondary N) is 2. The second kappa shape index (κ2) is 6.37. The molecule has 0 bridgehead atoms. The van der Waals surface area contributed by atoms with Crippen LogP contribution in [0.1, 0.15) is 10.4 Å². The van der Waals surface area contributed by atoms with E-state index in [2.05, 4.69) is 20.5 Å². The molecule has 0 radical (unpaired) electrons. The third-order valence-corrected chi connectivity index (χ3v) is 4.11. The van der Waals surface area contributed by atoms with Crippen LogP contribution in [-0.2, 0) is 0 Å². The number of carbonyl (C=O) groups is 1. The Morgan fingerprint density at radius 3 is 2.75 bits per heavy atom. The van der Waals surface area contributed by atoms with E-state index in [0.717, 1.165) is 31.9 Å². The minimum Gasteiger partial charge on any atom is -0.454 e. The first-order chi connectivity index (χ1) is 11.8. The molecule has 1 amide bonds. The zero-order valence-electron chi connectivity index (χ0n) is 13.1. The van der Waals surface area contributed by atoms with E-state index in [1.54, 1.807) is 24.4 Å². The summed E-state index contributed by atoms with van der Waals surface area (Å²) in [6, 6.07) is 8.92. The van der Waals surface area contributed by atoms with Crippen LogP contribution in [0.3, 0.4) is 0 Å². The maximum Gasteiger partial charge on any atom is 0.256 e. The number of piperazine rings is 1. The van der Waals surface area contributed by atoms with Gasteiger partial charge in [-0.15, -0.1) is 0 Å². The molecule has 1 aromatic heterocycles. The zero-order chi connectivity index (χ0) is 16.4. The van der Waals surface area contributed by atoms with Crippen LogP contribution >= 0.6 is 0 Å². The molecule has 124 valence electrons. The normalized spacial score (nSPS) is 16.1. The van der Waals surface area contributed by atoms with E-state index in [0.29, 0.717) is 22.9 Å². The number of nitrogens with zero attached hydrogens (tertiary/aromatic N) is 2. The number of carbonyl (C=O) groups excluding carboxylic acids is 1. The Morgan fingerprint density at radius 1 is 1.12 bits per heavy atom. The Balaban J connectivity index is 1.44. The molecule has 1 aromatic carbocycles. The molecular formula is C17H18N4O3. The SMILES string of the molecule is O=C(Nc1ccc(N2CCNCC2)cn1)c1ccc2c(c1)OCO2. The van der Waals surface area contributed by atoms with Crippen molar-refractivity contribution >= 4 is 17.4 Å². The van der Waals surface area contributed by atoms with Crippen molar-refractivity contribution in [3.05, 3.63) is 42.1 Å². The minimum atomic E-state index is -0.226. The van der Waals surface area contributed by atoms with Gasteiger partial charge in [-0.3, -0.25) is 4.79 Å². The topological polar surface area (TPSA) is 75.7 Å². The highest BCUT2D eigenvalue weighted by Crippen LogP contribution is 2.32. The van der Waals surface area contributed by atoms with Crippen molar-refractivity contribution in [3.8, 4) is 11.5 Å². The maximum atomic E-state index is 12.3. The Bertz CT molecular complexity index is 742. The van der Waals surface area contributed by atoms with Crippen LogP contribution in [0.25, 0.3) is 0 Å². The highest BCUT2D eigenvalue weighted by atomic mass is 16.7. The molecule has 0 unspecified atom stereocenters. The first-order valence-electron chi connectivity index (χ1n) is 7.92. The Kier molecular flexibility index (Phi) is 3.92. The number of rotatable bonds is 3. The zero-order valence-corrected chi connectivity index (χ0v) is 13.1. The van der Waals surface area contributed by atoms with Crippen LogP contribution in [0.2, 0.25) is 0 Å². The molecule has 2 N–H and O–H groups in total. The number of aromatic nitrogens is 1. The fourth-order valence-corrected chi connectivity index (χ4v) is 2.80. The predicted octanol–water partition coefficient (Wildman–Crippen LogP) is 1.47. The molecule has 2 aliphatic heterocycles. The number of hydrogen-bond donors (Lipinski definition) is 2. The third-order valence-electron chi connectivity index (χ3n) is 4.11. The second-order valence-corrected chi connectivity index (χ2v) is 5.66. The lowest BCUT2D eigenvalue weighted by molar-refractivity contribution is 0.102. The fraction of sp³-hybridized carbons (Fsp3) is 0.294. The molecule has 24 heavy (non-hydrogen) atoms. The minimum absolute atomic E-state index is 0.190. The van der Waals surface area contributed by atoms with Crippen molar-refractivity contribution in [1.82, 2.24) is 10.3 Å². The second-order valence-electron chi connectivity index (χ2n) is 5.66. The number of benzene rings is 1. The number of anilines is 2. The standard InChI is InChI=1S/C17H18N4O3/c22-17(12-1-3-14-15(9-12)24-11-23-14)20-16-4-2-13(10-19-16)21-7-5-18-6-8-21/h1-4,9-10,18H,5-8,11H2,(H,19,20,22). The summed E-state index contributed by atoms with van der Waals surface area (Å²) in [5, 5.41) is 6.12. The van der Waals surface area contributed by atoms with Gasteiger partial charge in [0.05, 0.1) is 11.9 Å². The summed E-state index contributed by atoms with van der Waals surface area (Å²) in [4.78, 5) is 18.9. The lowest BCUT2D eigenvalue weighted by Gasteiger charge is -2.29. The van der Waals surface area contributed by atoms with Gasteiger partial charge in [-0.25, -0.2) is 4.98 Å². The Hall–Kier alpha value is -2.80. The van der Waals surface area contributed by atoms with Crippen LogP contribution in [0.5, 0.6) is 11.5 Å². The van der Waals surface area contributed by atoms with Gasteiger partial charge in [-0.05, 0) is 30.3 Å². The fourth-order valence-electron chi connectivity index (χ4n) is 2.80. The molecule has 2 aromatic rings. The van der Waals surface area contributed by atoms with Crippen molar-refractivity contribution in [1.29, 1.82) is 0 Å². The van der Waals surface area contributed by atoms with Crippen molar-refractivity contribution in [2.75, 3.05) is 43.2 Å². The molecule has 0 spiro atoms. The molecule has 1 saturated heterocycles. The van der Waals surface area contributed by atoms with E-state index in [9.17, 15) is 4.79 Å². The summed E-state index contributed by atoms with van der Waals surface area (Å²) in [5.41, 5.74) is 1.57. The summed E-state index contributed by atoms with van der Waals surface area (Å²) < 4.78 is 10.5. The third kappa shape index (κ3) is 2.98. The quantitative estimate of drug-likeness (QED) is 0.890. The first-order valence-corrected chi connectivity index (χ1v) is 7.92. The lowest BCUT2D eigenvalue weighted by atomic mass is 10.2. The van der Waals surface area contributed by atoms with Crippen LogP contribution in [0, 0.1) is 0 Å². The molecule has 7 heteroatoms. The van der Waals surface area contributed by atoms with Gasteiger partial charge in [-0.1, -0.05) is 0 Å². The maximum absolute atomic E-state index is 12.3. The van der Waals surface area contributed by atoms with E-state index in [4.69, 9.17) is 9.47 Å². The Morgan fingerprint density at radius 2 is 1.96 bits per heavy atom. The molecule has 7 nitrogen and oxygen atoms in total. The van der Waals surface area contributed by atoms with Crippen LogP contribution in [0.4, 0.5) is 11.5 Å². The van der Waals surface area contributed by atoms with Gasteiger partial charge in [0.25, 0.3) is 5.91 Å². The highest BCUT2D eigenvalue weighted by Gasteiger charge is 2.17. The van der Waals surface area contributed by atoms with Crippen molar-refractivity contribution in [3.63, 3.8) is 0 Å². The summed E-state index contributed by atoms with van der Waals surface area (Å²) in [6.45, 7) is 4.07. The van der Waals surface area contributed by atoms with Crippen LogP contribution in [-0.4, -0.2) is 43.9 Å². The smallest absolute Gasteiger partial charge is 0.256 e. The van der Waals surface area contributed by atoms with Gasteiger partial charge in [0.1, 0.15) is 5.82 Å². The van der Waals surface area contributed by atoms with Gasteiger partial charge in [0, 0.05) is 31.7 Å². The van der Waals surface area contributed by atoms with Crippen molar-refractivity contribution < 1.29 is 14.3 Å². The molecule has 0 saturated carbocycles. The summed E-state index contributed by atoms with van der Waals surface area (Å²) >= 11 is 0. The van der Waals surface area contributed by atoms with Gasteiger partial charge < -0.3 is 25.0 Å². The molecule has 2 aliphatic rings. The number of ether oxygens (including phenoxy) is 2. The van der Waals surface area contributed by atoms with Gasteiger partial charge in [0.2, 0.25) is 6.79 Å². The van der Waals surface area contributed by atoms with E-state index in [-0.39, 0.29) is 12.7 Å². The van der Waals surface area contributed by atoms with Gasteiger partial charge in [-0.2, -0.15) is 0 Å². The van der Waals surface area contributed by atoms with Crippen molar-refractivity contribution in [2.45, 2.75) is 0 Å². The first kappa shape index (κ1) is 14.8. The van der Waals surface area contributed by atoms with E-state index >= 15 is 0 Å². The molecule has 4 rings (SSSR count). The largest absolute Gasteiger partial charge is 0.454 e. The average molecular weight is 326 g/mol. The predicted molar refractivity (Wildman–Crippen MR) is 89.8 cm³/mol. The summed E-state index contributed by atoms with van der Waals surface area (Å²) in [5.74, 6) is 1.54. The number of amides is 1. The highest BCUT2D eigenvalue weighted by molar-refractivity contribution is 6.04.